The average molecular weight is 436 g/mol. The number of nitrogens with zero attached hydrogens (tertiary/aromatic N) is 1. The van der Waals surface area contributed by atoms with Gasteiger partial charge in [-0.3, -0.25) is 14.6 Å². The molecule has 2 rings (SSSR count). The summed E-state index contributed by atoms with van der Waals surface area (Å²) in [7, 11) is 0. The second-order valence-electron chi connectivity index (χ2n) is 5.50. The van der Waals surface area contributed by atoms with E-state index >= 15 is 0 Å². The largest absolute Gasteiger partial charge is 0.490 e. The fraction of sp³-hybridized carbons (Fsp3) is 0.316. The number of carbonyl (C=O) groups excluding carboxylic acids is 2. The first-order chi connectivity index (χ1) is 13.0. The Bertz CT molecular complexity index is 784. The zero-order valence-electron chi connectivity index (χ0n) is 15.3. The number of carbonyl (C=O) groups is 2. The highest BCUT2D eigenvalue weighted by atomic mass is 79.9. The van der Waals surface area contributed by atoms with E-state index in [1.54, 1.807) is 30.5 Å². The highest BCUT2D eigenvalue weighted by Gasteiger charge is 2.14. The minimum Gasteiger partial charge on any atom is -0.490 e. The van der Waals surface area contributed by atoms with Crippen LogP contribution in [0.25, 0.3) is 0 Å². The maximum atomic E-state index is 12.2. The first-order valence-electron chi connectivity index (χ1n) is 8.58. The lowest BCUT2D eigenvalue weighted by Crippen LogP contribution is -2.33. The fourth-order valence-corrected chi connectivity index (χ4v) is 2.77. The number of ether oxygens (including phenoxy) is 2. The highest BCUT2D eigenvalue weighted by molar-refractivity contribution is 9.10. The third-order valence-corrected chi connectivity index (χ3v) is 4.19. The van der Waals surface area contributed by atoms with Crippen LogP contribution in [0.1, 0.15) is 19.4 Å². The minimum atomic E-state index is -0.322. The van der Waals surface area contributed by atoms with Gasteiger partial charge in [0.15, 0.2) is 11.5 Å². The van der Waals surface area contributed by atoms with Crippen molar-refractivity contribution in [2.75, 3.05) is 25.1 Å². The summed E-state index contributed by atoms with van der Waals surface area (Å²) in [5.74, 6) is 0.603. The van der Waals surface area contributed by atoms with Crippen molar-refractivity contribution < 1.29 is 19.1 Å². The Labute approximate surface area is 166 Å². The van der Waals surface area contributed by atoms with Crippen molar-refractivity contribution in [1.82, 2.24) is 10.3 Å². The number of hydrogen-bond donors (Lipinski definition) is 2. The molecule has 2 aromatic rings. The van der Waals surface area contributed by atoms with E-state index in [1.165, 1.54) is 6.20 Å². The number of benzene rings is 1. The number of rotatable bonds is 9. The first-order valence-corrected chi connectivity index (χ1v) is 9.37. The van der Waals surface area contributed by atoms with Crippen molar-refractivity contribution in [3.05, 3.63) is 46.7 Å². The van der Waals surface area contributed by atoms with Crippen LogP contribution in [0.3, 0.4) is 0 Å². The summed E-state index contributed by atoms with van der Waals surface area (Å²) >= 11 is 3.45. The van der Waals surface area contributed by atoms with Crippen molar-refractivity contribution in [2.45, 2.75) is 20.3 Å². The topological polar surface area (TPSA) is 89.5 Å². The number of nitrogens with one attached hydrogen (secondary N) is 2. The van der Waals surface area contributed by atoms with Crippen molar-refractivity contribution in [2.24, 2.45) is 0 Å². The molecular formula is C19H22BrN3O4. The number of anilines is 1. The molecular weight excluding hydrogens is 414 g/mol. The maximum Gasteiger partial charge on any atom is 0.243 e. The molecule has 0 unspecified atom stereocenters. The third kappa shape index (κ3) is 6.56. The van der Waals surface area contributed by atoms with Crippen LogP contribution in [0.2, 0.25) is 0 Å². The Morgan fingerprint density at radius 1 is 1.11 bits per heavy atom. The number of pyridine rings is 1. The lowest BCUT2D eigenvalue weighted by molar-refractivity contribution is -0.123. The Morgan fingerprint density at radius 3 is 2.44 bits per heavy atom. The molecule has 27 heavy (non-hydrogen) atoms. The lowest BCUT2D eigenvalue weighted by Gasteiger charge is -2.14. The predicted molar refractivity (Wildman–Crippen MR) is 106 cm³/mol. The normalized spacial score (nSPS) is 10.2. The molecule has 0 fully saturated rings. The summed E-state index contributed by atoms with van der Waals surface area (Å²) in [4.78, 5) is 28.0. The molecule has 0 atom stereocenters. The summed E-state index contributed by atoms with van der Waals surface area (Å²) in [5.41, 5.74) is 1.32. The second-order valence-corrected chi connectivity index (χ2v) is 6.35. The van der Waals surface area contributed by atoms with E-state index in [0.717, 1.165) is 10.0 Å². The van der Waals surface area contributed by atoms with Gasteiger partial charge in [0, 0.05) is 10.7 Å². The smallest absolute Gasteiger partial charge is 0.243 e. The number of amides is 2. The summed E-state index contributed by atoms with van der Waals surface area (Å²) < 4.78 is 11.9. The van der Waals surface area contributed by atoms with Gasteiger partial charge in [-0.1, -0.05) is 15.9 Å². The van der Waals surface area contributed by atoms with Crippen LogP contribution in [-0.4, -0.2) is 36.6 Å². The van der Waals surface area contributed by atoms with Crippen LogP contribution in [-0.2, 0) is 16.0 Å². The van der Waals surface area contributed by atoms with Crippen molar-refractivity contribution in [3.63, 3.8) is 0 Å². The zero-order chi connectivity index (χ0) is 19.6. The van der Waals surface area contributed by atoms with E-state index in [1.807, 2.05) is 13.8 Å². The molecule has 144 valence electrons. The molecule has 0 aliphatic carbocycles. The standard InChI is InChI=1S/C19H22BrN3O4/c1-3-26-16-8-13(15(20)10-17(16)27-4-2)9-18(24)22-12-19(25)23-14-6-5-7-21-11-14/h5-8,10-11H,3-4,9,12H2,1-2H3,(H,22,24)(H,23,25). The van der Waals surface area contributed by atoms with E-state index in [4.69, 9.17) is 9.47 Å². The predicted octanol–water partition coefficient (Wildman–Crippen LogP) is 2.94. The average Bonchev–Trinajstić information content (AvgIpc) is 2.65. The Hall–Kier alpha value is -2.61. The van der Waals surface area contributed by atoms with Crippen molar-refractivity contribution >= 4 is 33.4 Å². The van der Waals surface area contributed by atoms with Gasteiger partial charge in [-0.2, -0.15) is 0 Å². The Balaban J connectivity index is 1.94. The van der Waals surface area contributed by atoms with Gasteiger partial charge in [0.2, 0.25) is 11.8 Å². The van der Waals surface area contributed by atoms with E-state index in [0.29, 0.717) is 30.4 Å². The van der Waals surface area contributed by atoms with E-state index < -0.39 is 0 Å². The Morgan fingerprint density at radius 2 is 1.81 bits per heavy atom. The summed E-state index contributed by atoms with van der Waals surface area (Å²) in [6.07, 6.45) is 3.25. The summed E-state index contributed by atoms with van der Waals surface area (Å²) in [5, 5.41) is 5.26. The molecule has 1 aromatic heterocycles. The molecule has 0 aliphatic heterocycles. The SMILES string of the molecule is CCOc1cc(Br)c(CC(=O)NCC(=O)Nc2cccnc2)cc1OCC. The zero-order valence-corrected chi connectivity index (χ0v) is 16.8. The van der Waals surface area contributed by atoms with Gasteiger partial charge >= 0.3 is 0 Å². The Kier molecular flexibility index (Phi) is 8.06. The molecule has 8 heteroatoms. The molecule has 0 spiro atoms. The van der Waals surface area contributed by atoms with Gasteiger partial charge in [-0.25, -0.2) is 0 Å². The van der Waals surface area contributed by atoms with Crippen LogP contribution in [0, 0.1) is 0 Å². The minimum absolute atomic E-state index is 0.104. The quantitative estimate of drug-likeness (QED) is 0.631. The molecule has 0 saturated heterocycles. The van der Waals surface area contributed by atoms with Gasteiger partial charge in [0.05, 0.1) is 38.1 Å². The third-order valence-electron chi connectivity index (χ3n) is 3.45. The van der Waals surface area contributed by atoms with Crippen molar-refractivity contribution in [1.29, 1.82) is 0 Å². The molecule has 0 aliphatic rings. The molecule has 7 nitrogen and oxygen atoms in total. The van der Waals surface area contributed by atoms with E-state index in [-0.39, 0.29) is 24.8 Å². The van der Waals surface area contributed by atoms with Crippen LogP contribution in [0.15, 0.2) is 41.1 Å². The van der Waals surface area contributed by atoms with Gasteiger partial charge in [0.1, 0.15) is 0 Å². The summed E-state index contributed by atoms with van der Waals surface area (Å²) in [6.45, 7) is 4.65. The highest BCUT2D eigenvalue weighted by Crippen LogP contribution is 2.34. The van der Waals surface area contributed by atoms with Crippen LogP contribution < -0.4 is 20.1 Å². The van der Waals surface area contributed by atoms with Gasteiger partial charge in [-0.05, 0) is 43.7 Å². The molecule has 0 saturated carbocycles. The second kappa shape index (κ2) is 10.5. The number of hydrogen-bond acceptors (Lipinski definition) is 5. The van der Waals surface area contributed by atoms with Gasteiger partial charge in [0.25, 0.3) is 0 Å². The van der Waals surface area contributed by atoms with Gasteiger partial charge in [-0.15, -0.1) is 0 Å². The first kappa shape index (κ1) is 20.7. The van der Waals surface area contributed by atoms with Crippen molar-refractivity contribution in [3.8, 4) is 11.5 Å². The number of halogens is 1. The monoisotopic (exact) mass is 435 g/mol. The van der Waals surface area contributed by atoms with E-state index in [9.17, 15) is 9.59 Å². The molecule has 1 heterocycles. The summed E-state index contributed by atoms with van der Waals surface area (Å²) in [6, 6.07) is 6.99. The molecule has 2 N–H and O–H groups in total. The molecule has 2 amide bonds. The molecule has 0 bridgehead atoms. The molecule has 1 aromatic carbocycles. The van der Waals surface area contributed by atoms with Crippen LogP contribution in [0.4, 0.5) is 5.69 Å². The van der Waals surface area contributed by atoms with E-state index in [2.05, 4.69) is 31.5 Å². The lowest BCUT2D eigenvalue weighted by atomic mass is 10.1. The van der Waals surface area contributed by atoms with Crippen LogP contribution >= 0.6 is 15.9 Å². The fourth-order valence-electron chi connectivity index (χ4n) is 2.31. The molecule has 0 radical (unpaired) electrons. The van der Waals surface area contributed by atoms with Gasteiger partial charge < -0.3 is 20.1 Å². The number of aromatic nitrogens is 1. The van der Waals surface area contributed by atoms with Crippen LogP contribution in [0.5, 0.6) is 11.5 Å². The maximum absolute atomic E-state index is 12.2.